The molecule has 1 fully saturated rings. The van der Waals surface area contributed by atoms with Gasteiger partial charge in [-0.15, -0.1) is 12.3 Å². The van der Waals surface area contributed by atoms with Crippen molar-refractivity contribution in [2.45, 2.75) is 31.1 Å². The van der Waals surface area contributed by atoms with E-state index < -0.39 is 0 Å². The number of hydrogen-bond donors (Lipinski definition) is 2. The predicted molar refractivity (Wildman–Crippen MR) is 155 cm³/mol. The van der Waals surface area contributed by atoms with Crippen molar-refractivity contribution in [1.29, 1.82) is 0 Å². The van der Waals surface area contributed by atoms with Crippen LogP contribution >= 0.6 is 0 Å². The number of anilines is 2. The smallest absolute Gasteiger partial charge is 0.127 e. The fraction of sp³-hybridized carbons (Fsp3) is 0.188. The number of terminal acetylenes is 1. The zero-order chi connectivity index (χ0) is 25.0. The fourth-order valence-electron chi connectivity index (χ4n) is 5.05. The third-order valence-electron chi connectivity index (χ3n) is 7.12. The first kappa shape index (κ1) is 23.4. The van der Waals surface area contributed by atoms with E-state index in [0.29, 0.717) is 17.3 Å². The Labute approximate surface area is 218 Å². The van der Waals surface area contributed by atoms with Gasteiger partial charge >= 0.3 is 0 Å². The predicted octanol–water partition coefficient (Wildman–Crippen LogP) is 8.53. The van der Waals surface area contributed by atoms with Gasteiger partial charge in [-0.3, -0.25) is 0 Å². The van der Waals surface area contributed by atoms with Crippen LogP contribution in [0.15, 0.2) is 97.1 Å². The first-order valence-electron chi connectivity index (χ1n) is 12.3. The molecule has 0 bridgehead atoms. The summed E-state index contributed by atoms with van der Waals surface area (Å²) in [4.78, 5) is 0. The molecular weight excluding hydrogens is 444 g/mol. The third kappa shape index (κ3) is 5.01. The highest BCUT2D eigenvalue weighted by Crippen LogP contribution is 2.47. The van der Waals surface area contributed by atoms with Crippen molar-refractivity contribution in [3.05, 3.63) is 108 Å². The highest BCUT2D eigenvalue weighted by molar-refractivity contribution is 5.47. The fourth-order valence-corrected chi connectivity index (χ4v) is 5.05. The highest BCUT2D eigenvalue weighted by Gasteiger charge is 2.38. The van der Waals surface area contributed by atoms with Crippen molar-refractivity contribution in [3.63, 3.8) is 0 Å². The van der Waals surface area contributed by atoms with Gasteiger partial charge in [0.1, 0.15) is 23.0 Å². The Morgan fingerprint density at radius 3 is 1.28 bits per heavy atom. The van der Waals surface area contributed by atoms with Crippen LogP contribution in [0.25, 0.3) is 0 Å². The van der Waals surface area contributed by atoms with Crippen LogP contribution < -0.4 is 20.9 Å². The molecule has 0 heterocycles. The molecule has 4 N–H and O–H groups in total. The molecule has 0 aromatic heterocycles. The van der Waals surface area contributed by atoms with E-state index in [9.17, 15) is 0 Å². The second kappa shape index (κ2) is 10.1. The van der Waals surface area contributed by atoms with Crippen molar-refractivity contribution >= 4 is 11.4 Å². The lowest BCUT2D eigenvalue weighted by molar-refractivity contribution is 0.305. The van der Waals surface area contributed by atoms with Crippen LogP contribution in [0, 0.1) is 18.3 Å². The minimum atomic E-state index is -0.104. The van der Waals surface area contributed by atoms with Gasteiger partial charge in [-0.05, 0) is 110 Å². The van der Waals surface area contributed by atoms with Crippen molar-refractivity contribution in [1.82, 2.24) is 0 Å². The lowest BCUT2D eigenvalue weighted by atomic mass is 9.63. The van der Waals surface area contributed by atoms with E-state index in [0.717, 1.165) is 48.7 Å². The van der Waals surface area contributed by atoms with Gasteiger partial charge in [0.25, 0.3) is 0 Å². The van der Waals surface area contributed by atoms with E-state index in [1.54, 1.807) is 0 Å². The minimum absolute atomic E-state index is 0. The van der Waals surface area contributed by atoms with Crippen LogP contribution in [0.4, 0.5) is 11.4 Å². The van der Waals surface area contributed by atoms with Crippen molar-refractivity contribution in [2.75, 3.05) is 11.5 Å². The standard InChI is InChI=1S/C32H30N2O2.4H2/c1-2-23-19-21-32(22-20-23,24-3-11-28(12-4-24)35-30-15-7-26(33)8-16-30)25-5-13-29(14-6-25)36-31-17-9-27(34)10-18-31;;;;/h1,3-18,23H,19-22,33-34H2;4*1H. The Balaban J connectivity index is 0.00000200. The third-order valence-corrected chi connectivity index (χ3v) is 7.12. The summed E-state index contributed by atoms with van der Waals surface area (Å²) in [6.07, 6.45) is 9.78. The van der Waals surface area contributed by atoms with Crippen molar-refractivity contribution in [2.24, 2.45) is 5.92 Å². The number of rotatable bonds is 6. The highest BCUT2D eigenvalue weighted by atomic mass is 16.5. The molecule has 0 amide bonds. The number of benzene rings is 4. The first-order chi connectivity index (χ1) is 17.5. The molecule has 4 nitrogen and oxygen atoms in total. The molecule has 0 unspecified atom stereocenters. The van der Waals surface area contributed by atoms with Crippen LogP contribution in [-0.2, 0) is 5.41 Å². The van der Waals surface area contributed by atoms with Gasteiger partial charge in [-0.25, -0.2) is 0 Å². The van der Waals surface area contributed by atoms with Gasteiger partial charge < -0.3 is 20.9 Å². The van der Waals surface area contributed by atoms with E-state index in [-0.39, 0.29) is 11.1 Å². The first-order valence-corrected chi connectivity index (χ1v) is 12.3. The molecule has 0 saturated heterocycles. The monoisotopic (exact) mass is 482 g/mol. The maximum Gasteiger partial charge on any atom is 0.127 e. The largest absolute Gasteiger partial charge is 0.457 e. The maximum absolute atomic E-state index is 6.02. The summed E-state index contributed by atoms with van der Waals surface area (Å²) in [5.74, 6) is 6.41. The number of ether oxygens (including phenoxy) is 2. The summed E-state index contributed by atoms with van der Waals surface area (Å²) >= 11 is 0. The molecule has 4 heteroatoms. The molecule has 0 spiro atoms. The van der Waals surface area contributed by atoms with Crippen LogP contribution in [0.2, 0.25) is 0 Å². The zero-order valence-electron chi connectivity index (χ0n) is 20.2. The van der Waals surface area contributed by atoms with Gasteiger partial charge in [0.05, 0.1) is 0 Å². The van der Waals surface area contributed by atoms with Crippen LogP contribution in [0.1, 0.15) is 42.5 Å². The SMILES string of the molecule is C#CC1CCC(c2ccc(Oc3ccc(N)cc3)cc2)(c2ccc(Oc3ccc(N)cc3)cc2)CC1.[HH].[HH].[HH].[HH]. The summed E-state index contributed by atoms with van der Waals surface area (Å²) in [7, 11) is 0. The second-order valence-electron chi connectivity index (χ2n) is 9.41. The number of nitrogen functional groups attached to an aromatic ring is 2. The lowest BCUT2D eigenvalue weighted by Crippen LogP contribution is -2.32. The molecule has 1 aliphatic rings. The van der Waals surface area contributed by atoms with Crippen molar-refractivity contribution < 1.29 is 15.2 Å². The molecule has 1 saturated carbocycles. The lowest BCUT2D eigenvalue weighted by Gasteiger charge is -2.40. The maximum atomic E-state index is 6.02. The van der Waals surface area contributed by atoms with Gasteiger partial charge in [-0.1, -0.05) is 24.3 Å². The molecule has 4 aromatic rings. The Morgan fingerprint density at radius 2 is 0.944 bits per heavy atom. The van der Waals surface area contributed by atoms with E-state index in [2.05, 4.69) is 30.2 Å². The van der Waals surface area contributed by atoms with Gasteiger partial charge in [0, 0.05) is 28.4 Å². The summed E-state index contributed by atoms with van der Waals surface area (Å²) in [6.45, 7) is 0. The molecule has 0 atom stereocenters. The normalized spacial score (nSPS) is 15.1. The van der Waals surface area contributed by atoms with Crippen molar-refractivity contribution in [3.8, 4) is 35.3 Å². The average molecular weight is 483 g/mol. The minimum Gasteiger partial charge on any atom is -0.457 e. The quantitative estimate of drug-likeness (QED) is 0.213. The zero-order valence-corrected chi connectivity index (χ0v) is 20.2. The Bertz CT molecular complexity index is 1250. The Morgan fingerprint density at radius 1 is 0.611 bits per heavy atom. The topological polar surface area (TPSA) is 70.5 Å². The van der Waals surface area contributed by atoms with E-state index in [1.165, 1.54) is 11.1 Å². The van der Waals surface area contributed by atoms with Gasteiger partial charge in [0.2, 0.25) is 0 Å². The molecule has 188 valence electrons. The van der Waals surface area contributed by atoms with E-state index >= 15 is 0 Å². The summed E-state index contributed by atoms with van der Waals surface area (Å²) in [5.41, 5.74) is 15.4. The average Bonchev–Trinajstić information content (AvgIpc) is 2.92. The van der Waals surface area contributed by atoms with E-state index in [1.807, 2.05) is 72.8 Å². The number of hydrogen-bond acceptors (Lipinski definition) is 4. The molecule has 1 aliphatic carbocycles. The number of nitrogens with two attached hydrogens (primary N) is 2. The Hall–Kier alpha value is -4.36. The molecule has 0 aliphatic heterocycles. The van der Waals surface area contributed by atoms with Crippen LogP contribution in [0.3, 0.4) is 0 Å². The van der Waals surface area contributed by atoms with Gasteiger partial charge in [-0.2, -0.15) is 0 Å². The van der Waals surface area contributed by atoms with Gasteiger partial charge in [0.15, 0.2) is 0 Å². The summed E-state index contributed by atoms with van der Waals surface area (Å²) < 4.78 is 12.0. The summed E-state index contributed by atoms with van der Waals surface area (Å²) in [6, 6.07) is 31.7. The van der Waals surface area contributed by atoms with Crippen LogP contribution in [0.5, 0.6) is 23.0 Å². The molecular formula is C32H38N2O2. The second-order valence-corrected chi connectivity index (χ2v) is 9.41. The molecule has 36 heavy (non-hydrogen) atoms. The molecule has 5 rings (SSSR count). The molecule has 0 radical (unpaired) electrons. The molecule has 4 aromatic carbocycles. The van der Waals surface area contributed by atoms with E-state index in [4.69, 9.17) is 27.4 Å². The Kier molecular flexibility index (Phi) is 6.56. The van der Waals surface area contributed by atoms with Crippen LogP contribution in [-0.4, -0.2) is 0 Å². The summed E-state index contributed by atoms with van der Waals surface area (Å²) in [5, 5.41) is 0.